The smallest absolute Gasteiger partial charge is 0.454 e. The van der Waals surface area contributed by atoms with Crippen molar-refractivity contribution in [3.8, 4) is 5.75 Å². The van der Waals surface area contributed by atoms with Gasteiger partial charge >= 0.3 is 6.16 Å². The van der Waals surface area contributed by atoms with Crippen LogP contribution in [0.4, 0.5) is 4.79 Å². The number of carbonyl (C=O) groups excluding carboxylic acids is 1. The molecule has 1 atom stereocenters. The summed E-state index contributed by atoms with van der Waals surface area (Å²) in [7, 11) is 0. The molecule has 112 valence electrons. The lowest BCUT2D eigenvalue weighted by Gasteiger charge is -2.10. The van der Waals surface area contributed by atoms with Crippen LogP contribution >= 0.6 is 0 Å². The molecular formula is C16H18O5. The standard InChI is InChI=1S/C16H18O5/c1-4-10(5-2)15(17)12-7-11-8-14(21-16(18)19)20-13(11)6-9(12)3/h4,6-7,14H,5,8H2,1-3H3,(H,18,19). The number of ketones is 1. The minimum absolute atomic E-state index is 0.00269. The number of hydrogen-bond donors (Lipinski definition) is 1. The van der Waals surface area contributed by atoms with Gasteiger partial charge in [-0.2, -0.15) is 0 Å². The number of aryl methyl sites for hydroxylation is 1. The number of hydrogen-bond acceptors (Lipinski definition) is 4. The average Bonchev–Trinajstić information content (AvgIpc) is 2.79. The van der Waals surface area contributed by atoms with Crippen LogP contribution in [-0.4, -0.2) is 23.3 Å². The van der Waals surface area contributed by atoms with E-state index in [1.165, 1.54) is 0 Å². The maximum absolute atomic E-state index is 12.5. The van der Waals surface area contributed by atoms with Crippen LogP contribution in [0.5, 0.6) is 5.75 Å². The van der Waals surface area contributed by atoms with Crippen molar-refractivity contribution in [2.24, 2.45) is 0 Å². The van der Waals surface area contributed by atoms with Gasteiger partial charge in [0.05, 0.1) is 6.42 Å². The summed E-state index contributed by atoms with van der Waals surface area (Å²) in [5.41, 5.74) is 2.99. The highest BCUT2D eigenvalue weighted by atomic mass is 16.8. The molecule has 1 unspecified atom stereocenters. The summed E-state index contributed by atoms with van der Waals surface area (Å²) in [6.45, 7) is 5.63. The predicted molar refractivity (Wildman–Crippen MR) is 76.8 cm³/mol. The number of benzene rings is 1. The molecular weight excluding hydrogens is 272 g/mol. The maximum atomic E-state index is 12.5. The number of rotatable bonds is 4. The molecule has 2 rings (SSSR count). The fourth-order valence-corrected chi connectivity index (χ4v) is 2.45. The van der Waals surface area contributed by atoms with Crippen molar-refractivity contribution in [1.82, 2.24) is 0 Å². The molecule has 0 radical (unpaired) electrons. The van der Waals surface area contributed by atoms with Crippen LogP contribution in [0.25, 0.3) is 0 Å². The molecule has 0 saturated heterocycles. The largest absolute Gasteiger partial charge is 0.508 e. The maximum Gasteiger partial charge on any atom is 0.508 e. The van der Waals surface area contributed by atoms with E-state index < -0.39 is 12.4 Å². The monoisotopic (exact) mass is 290 g/mol. The Labute approximate surface area is 123 Å². The molecule has 0 fully saturated rings. The first-order valence-corrected chi connectivity index (χ1v) is 6.85. The summed E-state index contributed by atoms with van der Waals surface area (Å²) in [5, 5.41) is 8.62. The minimum Gasteiger partial charge on any atom is -0.454 e. The normalized spacial score (nSPS) is 17.1. The number of Topliss-reactive ketones (excluding diaryl/α,β-unsaturated/α-hetero) is 1. The Bertz CT molecular complexity index is 615. The average molecular weight is 290 g/mol. The van der Waals surface area contributed by atoms with Crippen LogP contribution in [0.1, 0.15) is 41.8 Å². The molecule has 1 aliphatic rings. The third-order valence-electron chi connectivity index (χ3n) is 3.55. The van der Waals surface area contributed by atoms with E-state index >= 15 is 0 Å². The van der Waals surface area contributed by atoms with Gasteiger partial charge in [-0.05, 0) is 43.5 Å². The minimum atomic E-state index is -1.37. The van der Waals surface area contributed by atoms with Crippen LogP contribution < -0.4 is 4.74 Å². The molecule has 0 amide bonds. The second kappa shape index (κ2) is 5.99. The Morgan fingerprint density at radius 2 is 2.19 bits per heavy atom. The van der Waals surface area contributed by atoms with Crippen molar-refractivity contribution < 1.29 is 24.2 Å². The van der Waals surface area contributed by atoms with Gasteiger partial charge in [0.15, 0.2) is 5.78 Å². The SMILES string of the molecule is CC=C(CC)C(=O)c1cc2c(cc1C)OC(OC(=O)O)C2. The van der Waals surface area contributed by atoms with E-state index in [1.807, 2.05) is 26.8 Å². The summed E-state index contributed by atoms with van der Waals surface area (Å²) >= 11 is 0. The molecule has 1 N–H and O–H groups in total. The Balaban J connectivity index is 2.30. The van der Waals surface area contributed by atoms with Crippen LogP contribution in [-0.2, 0) is 11.2 Å². The van der Waals surface area contributed by atoms with Gasteiger partial charge in [0.25, 0.3) is 6.29 Å². The van der Waals surface area contributed by atoms with Crippen molar-refractivity contribution in [3.63, 3.8) is 0 Å². The van der Waals surface area contributed by atoms with E-state index in [2.05, 4.69) is 4.74 Å². The van der Waals surface area contributed by atoms with Crippen molar-refractivity contribution >= 4 is 11.9 Å². The van der Waals surface area contributed by atoms with Crippen molar-refractivity contribution in [1.29, 1.82) is 0 Å². The molecule has 1 aromatic rings. The van der Waals surface area contributed by atoms with Gasteiger partial charge in [0, 0.05) is 11.1 Å². The molecule has 1 aliphatic heterocycles. The van der Waals surface area contributed by atoms with Gasteiger partial charge in [0.1, 0.15) is 5.75 Å². The number of fused-ring (bicyclic) bond motifs is 1. The first-order valence-electron chi connectivity index (χ1n) is 6.85. The quantitative estimate of drug-likeness (QED) is 0.522. The summed E-state index contributed by atoms with van der Waals surface area (Å²) in [5.74, 6) is 0.580. The zero-order chi connectivity index (χ0) is 15.6. The molecule has 5 heteroatoms. The first kappa shape index (κ1) is 15.1. The second-order valence-corrected chi connectivity index (χ2v) is 4.91. The molecule has 0 aliphatic carbocycles. The summed E-state index contributed by atoms with van der Waals surface area (Å²) in [6, 6.07) is 3.54. The Morgan fingerprint density at radius 1 is 1.48 bits per heavy atom. The van der Waals surface area contributed by atoms with E-state index in [1.54, 1.807) is 12.1 Å². The number of allylic oxidation sites excluding steroid dienone is 2. The molecule has 0 spiro atoms. The zero-order valence-corrected chi connectivity index (χ0v) is 12.3. The summed E-state index contributed by atoms with van der Waals surface area (Å²) in [4.78, 5) is 23.0. The molecule has 5 nitrogen and oxygen atoms in total. The highest BCUT2D eigenvalue weighted by molar-refractivity contribution is 6.09. The second-order valence-electron chi connectivity index (χ2n) is 4.91. The summed E-state index contributed by atoms with van der Waals surface area (Å²) < 4.78 is 10.0. The van der Waals surface area contributed by atoms with Crippen LogP contribution in [0, 0.1) is 6.92 Å². The van der Waals surface area contributed by atoms with E-state index in [0.29, 0.717) is 24.2 Å². The Morgan fingerprint density at radius 3 is 2.76 bits per heavy atom. The van der Waals surface area contributed by atoms with E-state index in [4.69, 9.17) is 9.84 Å². The van der Waals surface area contributed by atoms with Crippen molar-refractivity contribution in [2.75, 3.05) is 0 Å². The van der Waals surface area contributed by atoms with Gasteiger partial charge in [-0.1, -0.05) is 13.0 Å². The summed E-state index contributed by atoms with van der Waals surface area (Å²) in [6.07, 6.45) is 0.603. The van der Waals surface area contributed by atoms with E-state index in [9.17, 15) is 9.59 Å². The topological polar surface area (TPSA) is 72.8 Å². The number of carboxylic acid groups (broad SMARTS) is 1. The lowest BCUT2D eigenvalue weighted by Crippen LogP contribution is -2.20. The van der Waals surface area contributed by atoms with Crippen molar-refractivity contribution in [2.45, 2.75) is 39.9 Å². The molecule has 0 aromatic heterocycles. The lowest BCUT2D eigenvalue weighted by atomic mass is 9.95. The van der Waals surface area contributed by atoms with Gasteiger partial charge in [-0.25, -0.2) is 4.79 Å². The third-order valence-corrected chi connectivity index (χ3v) is 3.55. The van der Waals surface area contributed by atoms with E-state index in [-0.39, 0.29) is 5.78 Å². The highest BCUT2D eigenvalue weighted by Crippen LogP contribution is 2.33. The number of ether oxygens (including phenoxy) is 2. The Hall–Kier alpha value is -2.30. The van der Waals surface area contributed by atoms with Gasteiger partial charge in [-0.3, -0.25) is 4.79 Å². The fraction of sp³-hybridized carbons (Fsp3) is 0.375. The van der Waals surface area contributed by atoms with Crippen LogP contribution in [0.2, 0.25) is 0 Å². The van der Waals surface area contributed by atoms with Crippen LogP contribution in [0.15, 0.2) is 23.8 Å². The first-order chi connectivity index (χ1) is 9.96. The lowest BCUT2D eigenvalue weighted by molar-refractivity contribution is -0.0394. The third kappa shape index (κ3) is 3.07. The number of carbonyl (C=O) groups is 2. The van der Waals surface area contributed by atoms with Gasteiger partial charge in [-0.15, -0.1) is 0 Å². The van der Waals surface area contributed by atoms with Gasteiger partial charge < -0.3 is 14.6 Å². The predicted octanol–water partition coefficient (Wildman–Crippen LogP) is 3.49. The van der Waals surface area contributed by atoms with E-state index in [0.717, 1.165) is 16.7 Å². The molecule has 21 heavy (non-hydrogen) atoms. The fourth-order valence-electron chi connectivity index (χ4n) is 2.45. The van der Waals surface area contributed by atoms with Crippen molar-refractivity contribution in [3.05, 3.63) is 40.5 Å². The molecule has 0 bridgehead atoms. The molecule has 0 saturated carbocycles. The Kier molecular flexibility index (Phi) is 4.31. The molecule has 1 aromatic carbocycles. The van der Waals surface area contributed by atoms with Crippen LogP contribution in [0.3, 0.4) is 0 Å². The zero-order valence-electron chi connectivity index (χ0n) is 12.3. The highest BCUT2D eigenvalue weighted by Gasteiger charge is 2.28. The molecule has 1 heterocycles. The van der Waals surface area contributed by atoms with Gasteiger partial charge in [0.2, 0.25) is 0 Å².